The third-order valence-electron chi connectivity index (χ3n) is 5.07. The van der Waals surface area contributed by atoms with E-state index in [0.717, 1.165) is 18.6 Å². The number of aromatic nitrogens is 3. The number of nitrogens with zero attached hydrogens (tertiary/aromatic N) is 4. The summed E-state index contributed by atoms with van der Waals surface area (Å²) in [5, 5.41) is 4.06. The van der Waals surface area contributed by atoms with Crippen molar-refractivity contribution in [3.63, 3.8) is 0 Å². The van der Waals surface area contributed by atoms with Gasteiger partial charge in [0.05, 0.1) is 38.1 Å². The van der Waals surface area contributed by atoms with E-state index < -0.39 is 0 Å². The van der Waals surface area contributed by atoms with Crippen LogP contribution < -0.4 is 0 Å². The van der Waals surface area contributed by atoms with Gasteiger partial charge in [-0.2, -0.15) is 5.10 Å². The van der Waals surface area contributed by atoms with Crippen LogP contribution in [0.25, 0.3) is 0 Å². The van der Waals surface area contributed by atoms with E-state index in [1.54, 1.807) is 23.3 Å². The highest BCUT2D eigenvalue weighted by molar-refractivity contribution is 5.94. The van der Waals surface area contributed by atoms with Crippen LogP contribution in [0.15, 0.2) is 36.9 Å². The van der Waals surface area contributed by atoms with Crippen molar-refractivity contribution in [1.29, 1.82) is 0 Å². The molecule has 2 aromatic heterocycles. The summed E-state index contributed by atoms with van der Waals surface area (Å²) in [6.07, 6.45) is 7.90. The van der Waals surface area contributed by atoms with E-state index in [1.165, 1.54) is 0 Å². The number of likely N-dealkylation sites (tertiary alicyclic amines) is 1. The minimum absolute atomic E-state index is 0.0178. The third kappa shape index (κ3) is 3.17. The van der Waals surface area contributed by atoms with Crippen molar-refractivity contribution in [2.75, 3.05) is 26.3 Å². The number of ether oxygens (including phenoxy) is 2. The molecule has 7 heteroatoms. The molecular weight excluding hydrogens is 320 g/mol. The molecule has 0 unspecified atom stereocenters. The highest BCUT2D eigenvalue weighted by Gasteiger charge is 2.54. The van der Waals surface area contributed by atoms with Crippen LogP contribution in [-0.2, 0) is 23.1 Å². The van der Waals surface area contributed by atoms with Crippen molar-refractivity contribution in [3.8, 4) is 0 Å². The van der Waals surface area contributed by atoms with Crippen LogP contribution in [0, 0.1) is 5.92 Å². The van der Waals surface area contributed by atoms with E-state index in [9.17, 15) is 4.79 Å². The molecule has 7 nitrogen and oxygen atoms in total. The SMILES string of the molecule is Cn1cc(C(=O)N2CC3(C2)OCC[C@@H]3COCc2cccnc2)cn1. The smallest absolute Gasteiger partial charge is 0.257 e. The first-order chi connectivity index (χ1) is 12.2. The predicted molar refractivity (Wildman–Crippen MR) is 89.8 cm³/mol. The molecule has 2 aromatic rings. The van der Waals surface area contributed by atoms with Gasteiger partial charge in [-0.15, -0.1) is 0 Å². The molecule has 0 bridgehead atoms. The number of hydrogen-bond donors (Lipinski definition) is 0. The first-order valence-electron chi connectivity index (χ1n) is 8.55. The van der Waals surface area contributed by atoms with Gasteiger partial charge in [0.2, 0.25) is 0 Å². The number of aryl methyl sites for hydroxylation is 1. The first-order valence-corrected chi connectivity index (χ1v) is 8.55. The minimum Gasteiger partial charge on any atom is -0.376 e. The topological polar surface area (TPSA) is 69.5 Å². The van der Waals surface area contributed by atoms with Crippen molar-refractivity contribution < 1.29 is 14.3 Å². The minimum atomic E-state index is -0.243. The molecule has 1 atom stereocenters. The van der Waals surface area contributed by atoms with Crippen LogP contribution in [0.1, 0.15) is 22.3 Å². The zero-order valence-corrected chi connectivity index (χ0v) is 14.3. The first kappa shape index (κ1) is 16.2. The summed E-state index contributed by atoms with van der Waals surface area (Å²) in [6.45, 7) is 3.18. The maximum atomic E-state index is 12.5. The third-order valence-corrected chi connectivity index (χ3v) is 5.07. The summed E-state index contributed by atoms with van der Waals surface area (Å²) in [5.41, 5.74) is 1.45. The second kappa shape index (κ2) is 6.57. The van der Waals surface area contributed by atoms with Crippen molar-refractivity contribution >= 4 is 5.91 Å². The van der Waals surface area contributed by atoms with Gasteiger partial charge in [0.25, 0.3) is 5.91 Å². The zero-order valence-electron chi connectivity index (χ0n) is 14.3. The molecule has 0 aliphatic carbocycles. The van der Waals surface area contributed by atoms with Gasteiger partial charge in [0.1, 0.15) is 5.60 Å². The molecule has 2 fully saturated rings. The van der Waals surface area contributed by atoms with E-state index in [-0.39, 0.29) is 11.5 Å². The summed E-state index contributed by atoms with van der Waals surface area (Å²) < 4.78 is 13.5. The standard InChI is InChI=1S/C18H22N4O3/c1-21-9-15(8-20-21)17(23)22-12-18(13-22)16(4-6-25-18)11-24-10-14-3-2-5-19-7-14/h2-3,5,7-9,16H,4,6,10-13H2,1H3/t16-/m1/s1. The Morgan fingerprint density at radius 1 is 1.44 bits per heavy atom. The maximum Gasteiger partial charge on any atom is 0.257 e. The second-order valence-corrected chi connectivity index (χ2v) is 6.84. The Bertz CT molecular complexity index is 740. The summed E-state index contributed by atoms with van der Waals surface area (Å²) in [5.74, 6) is 0.339. The molecule has 0 radical (unpaired) electrons. The monoisotopic (exact) mass is 342 g/mol. The molecule has 0 aromatic carbocycles. The largest absolute Gasteiger partial charge is 0.376 e. The number of amides is 1. The van der Waals surface area contributed by atoms with Crippen molar-refractivity contribution in [1.82, 2.24) is 19.7 Å². The van der Waals surface area contributed by atoms with Gasteiger partial charge in [0, 0.05) is 38.2 Å². The Morgan fingerprint density at radius 3 is 3.04 bits per heavy atom. The van der Waals surface area contributed by atoms with Crippen molar-refractivity contribution in [3.05, 3.63) is 48.0 Å². The highest BCUT2D eigenvalue weighted by Crippen LogP contribution is 2.40. The van der Waals surface area contributed by atoms with E-state index in [0.29, 0.717) is 37.8 Å². The predicted octanol–water partition coefficient (Wildman–Crippen LogP) is 1.26. The average Bonchev–Trinajstić information content (AvgIpc) is 3.20. The summed E-state index contributed by atoms with van der Waals surface area (Å²) in [7, 11) is 1.81. The van der Waals surface area contributed by atoms with E-state index in [2.05, 4.69) is 10.1 Å². The Morgan fingerprint density at radius 2 is 2.32 bits per heavy atom. The van der Waals surface area contributed by atoms with Gasteiger partial charge in [-0.05, 0) is 18.1 Å². The zero-order chi connectivity index (χ0) is 17.3. The van der Waals surface area contributed by atoms with Crippen LogP contribution >= 0.6 is 0 Å². The van der Waals surface area contributed by atoms with Gasteiger partial charge >= 0.3 is 0 Å². The van der Waals surface area contributed by atoms with Gasteiger partial charge in [-0.25, -0.2) is 0 Å². The number of hydrogen-bond acceptors (Lipinski definition) is 5. The van der Waals surface area contributed by atoms with Crippen LogP contribution in [0.2, 0.25) is 0 Å². The lowest BCUT2D eigenvalue weighted by Crippen LogP contribution is -2.66. The Balaban J connectivity index is 1.31. The second-order valence-electron chi connectivity index (χ2n) is 6.84. The molecule has 0 saturated carbocycles. The highest BCUT2D eigenvalue weighted by atomic mass is 16.5. The summed E-state index contributed by atoms with van der Waals surface area (Å²) >= 11 is 0. The Hall–Kier alpha value is -2.25. The maximum absolute atomic E-state index is 12.5. The molecular formula is C18H22N4O3. The van der Waals surface area contributed by atoms with E-state index >= 15 is 0 Å². The fourth-order valence-corrected chi connectivity index (χ4v) is 3.63. The van der Waals surface area contributed by atoms with Gasteiger partial charge in [-0.1, -0.05) is 6.07 Å². The van der Waals surface area contributed by atoms with Crippen molar-refractivity contribution in [2.24, 2.45) is 13.0 Å². The average molecular weight is 342 g/mol. The normalized spacial score (nSPS) is 21.5. The summed E-state index contributed by atoms with van der Waals surface area (Å²) in [6, 6.07) is 3.91. The lowest BCUT2D eigenvalue weighted by molar-refractivity contribution is -0.129. The lowest BCUT2D eigenvalue weighted by Gasteiger charge is -2.50. The van der Waals surface area contributed by atoms with Gasteiger partial charge < -0.3 is 14.4 Å². The van der Waals surface area contributed by atoms with Crippen LogP contribution in [0.5, 0.6) is 0 Å². The summed E-state index contributed by atoms with van der Waals surface area (Å²) in [4.78, 5) is 18.4. The molecule has 2 aliphatic rings. The number of carbonyl (C=O) groups is 1. The molecule has 1 spiro atoms. The van der Waals surface area contributed by atoms with E-state index in [4.69, 9.17) is 9.47 Å². The Kier molecular flexibility index (Phi) is 4.27. The molecule has 2 aliphatic heterocycles. The fourth-order valence-electron chi connectivity index (χ4n) is 3.63. The molecule has 0 N–H and O–H groups in total. The lowest BCUT2D eigenvalue weighted by atomic mass is 9.81. The van der Waals surface area contributed by atoms with Crippen molar-refractivity contribution in [2.45, 2.75) is 18.6 Å². The number of rotatable bonds is 5. The molecule has 4 rings (SSSR count). The van der Waals surface area contributed by atoms with Gasteiger partial charge in [0.15, 0.2) is 0 Å². The molecule has 25 heavy (non-hydrogen) atoms. The molecule has 4 heterocycles. The molecule has 1 amide bonds. The molecule has 132 valence electrons. The fraction of sp³-hybridized carbons (Fsp3) is 0.500. The number of carbonyl (C=O) groups excluding carboxylic acids is 1. The molecule has 2 saturated heterocycles. The van der Waals surface area contributed by atoms with Crippen LogP contribution in [-0.4, -0.2) is 57.5 Å². The van der Waals surface area contributed by atoms with Gasteiger partial charge in [-0.3, -0.25) is 14.5 Å². The van der Waals surface area contributed by atoms with E-state index in [1.807, 2.05) is 30.3 Å². The van der Waals surface area contributed by atoms with Crippen LogP contribution in [0.3, 0.4) is 0 Å². The number of pyridine rings is 1. The van der Waals surface area contributed by atoms with Crippen LogP contribution in [0.4, 0.5) is 0 Å². The quantitative estimate of drug-likeness (QED) is 0.818. The Labute approximate surface area is 146 Å².